The summed E-state index contributed by atoms with van der Waals surface area (Å²) < 4.78 is 75.9. The Kier molecular flexibility index (Phi) is 9.03. The first-order valence-corrected chi connectivity index (χ1v) is 14.8. The molecule has 1 spiro atoms. The van der Waals surface area contributed by atoms with Gasteiger partial charge in [-0.1, -0.05) is 17.7 Å². The summed E-state index contributed by atoms with van der Waals surface area (Å²) in [5.74, 6) is -2.11. The smallest absolute Gasteiger partial charge is 0.326 e. The van der Waals surface area contributed by atoms with Crippen LogP contribution in [-0.2, 0) is 14.3 Å². The number of morpholine rings is 1. The molecule has 3 saturated heterocycles. The van der Waals surface area contributed by atoms with Gasteiger partial charge >= 0.3 is 5.97 Å². The van der Waals surface area contributed by atoms with Crippen molar-refractivity contribution in [2.24, 2.45) is 0 Å². The normalized spacial score (nSPS) is 22.4. The highest BCUT2D eigenvalue weighted by atomic mass is 35.5. The lowest BCUT2D eigenvalue weighted by atomic mass is 9.90. The number of carbonyl (C=O) groups is 1. The molecule has 6 heterocycles. The average Bonchev–Trinajstić information content (AvgIpc) is 3.44. The summed E-state index contributed by atoms with van der Waals surface area (Å²) in [5.41, 5.74) is 0.0882. The molecule has 0 radical (unpaired) electrons. The Balaban J connectivity index is 1.28. The fourth-order valence-corrected chi connectivity index (χ4v) is 5.91. The third-order valence-corrected chi connectivity index (χ3v) is 8.35. The molecular formula is C29H29ClF4N6O6. The molecule has 0 bridgehead atoms. The van der Waals surface area contributed by atoms with Crippen LogP contribution in [0.1, 0.15) is 25.6 Å². The van der Waals surface area contributed by atoms with Crippen molar-refractivity contribution in [1.82, 2.24) is 19.9 Å². The van der Waals surface area contributed by atoms with Crippen LogP contribution in [0.25, 0.3) is 11.4 Å². The van der Waals surface area contributed by atoms with Crippen molar-refractivity contribution < 1.29 is 46.4 Å². The molecule has 246 valence electrons. The van der Waals surface area contributed by atoms with E-state index in [2.05, 4.69) is 24.8 Å². The topological polar surface area (TPSA) is 132 Å². The highest BCUT2D eigenvalue weighted by molar-refractivity contribution is 6.30. The van der Waals surface area contributed by atoms with Crippen LogP contribution < -0.4 is 19.3 Å². The molecule has 46 heavy (non-hydrogen) atoms. The van der Waals surface area contributed by atoms with Gasteiger partial charge in [0.2, 0.25) is 11.8 Å². The Hall–Kier alpha value is -4.02. The predicted octanol–water partition coefficient (Wildman–Crippen LogP) is 4.27. The molecule has 0 aromatic carbocycles. The highest BCUT2D eigenvalue weighted by Crippen LogP contribution is 2.40. The molecule has 6 rings (SSSR count). The van der Waals surface area contributed by atoms with Gasteiger partial charge in [-0.15, -0.1) is 0 Å². The van der Waals surface area contributed by atoms with Crippen molar-refractivity contribution in [3.05, 3.63) is 47.4 Å². The minimum absolute atomic E-state index is 0.0198. The molecule has 3 atom stereocenters. The average molecular weight is 669 g/mol. The van der Waals surface area contributed by atoms with Crippen molar-refractivity contribution in [3.63, 3.8) is 0 Å². The van der Waals surface area contributed by atoms with Crippen LogP contribution in [0.3, 0.4) is 0 Å². The number of carboxylic acids is 1. The van der Waals surface area contributed by atoms with Crippen LogP contribution >= 0.6 is 11.6 Å². The highest BCUT2D eigenvalue weighted by Gasteiger charge is 2.50. The molecule has 3 fully saturated rings. The van der Waals surface area contributed by atoms with Crippen LogP contribution in [0.4, 0.5) is 29.1 Å². The van der Waals surface area contributed by atoms with Gasteiger partial charge in [0.1, 0.15) is 29.3 Å². The number of hydrogen-bond acceptors (Lipinski definition) is 11. The molecule has 17 heteroatoms. The van der Waals surface area contributed by atoms with E-state index in [1.165, 1.54) is 35.4 Å². The molecule has 12 nitrogen and oxygen atoms in total. The third kappa shape index (κ3) is 6.46. The van der Waals surface area contributed by atoms with Gasteiger partial charge in [-0.25, -0.2) is 42.3 Å². The second-order valence-corrected chi connectivity index (χ2v) is 11.5. The van der Waals surface area contributed by atoms with Crippen molar-refractivity contribution in [2.75, 3.05) is 49.3 Å². The summed E-state index contributed by atoms with van der Waals surface area (Å²) in [6.45, 7) is 2.91. The first kappa shape index (κ1) is 31.9. The fraction of sp³-hybridized carbons (Fsp3) is 0.483. The van der Waals surface area contributed by atoms with Crippen molar-refractivity contribution in [1.29, 1.82) is 0 Å². The van der Waals surface area contributed by atoms with Crippen LogP contribution in [0.5, 0.6) is 11.8 Å². The van der Waals surface area contributed by atoms with Crippen molar-refractivity contribution in [2.45, 2.75) is 50.0 Å². The van der Waals surface area contributed by atoms with Gasteiger partial charge in [0.15, 0.2) is 12.4 Å². The number of carboxylic acid groups (broad SMARTS) is 1. The summed E-state index contributed by atoms with van der Waals surface area (Å²) in [7, 11) is 0. The lowest BCUT2D eigenvalue weighted by Gasteiger charge is -2.53. The number of anilines is 2. The Labute approximate surface area is 265 Å². The third-order valence-electron chi connectivity index (χ3n) is 8.14. The Morgan fingerprint density at radius 3 is 2.65 bits per heavy atom. The number of alkyl halides is 4. The molecule has 0 unspecified atom stereocenters. The van der Waals surface area contributed by atoms with Crippen LogP contribution in [-0.4, -0.2) is 101 Å². The van der Waals surface area contributed by atoms with E-state index in [1.54, 1.807) is 6.07 Å². The van der Waals surface area contributed by atoms with Crippen molar-refractivity contribution in [3.8, 4) is 23.1 Å². The summed E-state index contributed by atoms with van der Waals surface area (Å²) in [5, 5.41) is 10.5. The number of nitrogens with zero attached hydrogens (tertiary/aromatic N) is 6. The van der Waals surface area contributed by atoms with E-state index in [4.69, 9.17) is 30.5 Å². The van der Waals surface area contributed by atoms with E-state index in [0.717, 1.165) is 0 Å². The summed E-state index contributed by atoms with van der Waals surface area (Å²) >= 11 is 6.33. The molecule has 1 N–H and O–H groups in total. The monoisotopic (exact) mass is 668 g/mol. The first-order chi connectivity index (χ1) is 22.0. The van der Waals surface area contributed by atoms with Crippen molar-refractivity contribution >= 4 is 29.1 Å². The standard InChI is InChI=1S/C29H29ClF4N6O6/c1-15-29(13-43-14-29)45-6-5-39(15)20-7-16(30)10-35-27(20)46-17-8-21(28(41)42)40(11-17)23-9-19(37-26(38-23)25(33)34)18-3-2-4-24(36-18)44-12-22(31)32/h2-4,7,9-10,15,17,21-22,25H,5-6,8,11-14H2,1H3,(H,41,42)/t15-,17-,21-/m0/s1. The maximum absolute atomic E-state index is 14.0. The van der Waals surface area contributed by atoms with Gasteiger partial charge in [0.05, 0.1) is 48.8 Å². The van der Waals surface area contributed by atoms with E-state index < -0.39 is 49.0 Å². The number of pyridine rings is 2. The molecule has 3 aliphatic rings. The number of ether oxygens (including phenoxy) is 4. The second-order valence-electron chi connectivity index (χ2n) is 11.1. The number of halogens is 5. The number of hydrogen-bond donors (Lipinski definition) is 1. The largest absolute Gasteiger partial charge is 0.480 e. The molecule has 3 aromatic heterocycles. The maximum Gasteiger partial charge on any atom is 0.326 e. The zero-order chi connectivity index (χ0) is 32.6. The van der Waals surface area contributed by atoms with E-state index in [-0.39, 0.29) is 48.0 Å². The van der Waals surface area contributed by atoms with Gasteiger partial charge in [0.25, 0.3) is 12.9 Å². The molecular weight excluding hydrogens is 640 g/mol. The van der Waals surface area contributed by atoms with Gasteiger partial charge in [-0.2, -0.15) is 0 Å². The Morgan fingerprint density at radius 2 is 1.96 bits per heavy atom. The number of rotatable bonds is 10. The fourth-order valence-electron chi connectivity index (χ4n) is 5.76. The molecule has 3 aromatic rings. The molecule has 0 aliphatic carbocycles. The van der Waals surface area contributed by atoms with Gasteiger partial charge in [-0.3, -0.25) is 0 Å². The quantitative estimate of drug-likeness (QED) is 0.310. The Morgan fingerprint density at radius 1 is 1.15 bits per heavy atom. The van der Waals surface area contributed by atoms with E-state index in [0.29, 0.717) is 37.1 Å². The van der Waals surface area contributed by atoms with Gasteiger partial charge in [0, 0.05) is 31.3 Å². The van der Waals surface area contributed by atoms with Gasteiger partial charge in [-0.05, 0) is 19.1 Å². The van der Waals surface area contributed by atoms with Gasteiger partial charge < -0.3 is 33.9 Å². The van der Waals surface area contributed by atoms with E-state index in [9.17, 15) is 27.5 Å². The first-order valence-electron chi connectivity index (χ1n) is 14.4. The SMILES string of the molecule is C[C@@H]1N(c2cc(Cl)cnc2O[C@H]2C[C@@H](C(=O)O)N(c3cc(-c4cccc(OCC(F)F)n4)nc(C(F)F)n3)C2)CCOC12COC2. The summed E-state index contributed by atoms with van der Waals surface area (Å²) in [4.78, 5) is 32.2. The van der Waals surface area contributed by atoms with Crippen LogP contribution in [0.15, 0.2) is 36.5 Å². The van der Waals surface area contributed by atoms with Crippen LogP contribution in [0.2, 0.25) is 5.02 Å². The van der Waals surface area contributed by atoms with Crippen LogP contribution in [0, 0.1) is 0 Å². The zero-order valence-corrected chi connectivity index (χ0v) is 25.1. The molecule has 0 amide bonds. The number of aromatic nitrogens is 4. The predicted molar refractivity (Wildman–Crippen MR) is 155 cm³/mol. The minimum Gasteiger partial charge on any atom is -0.480 e. The minimum atomic E-state index is -3.10. The molecule has 3 aliphatic heterocycles. The van der Waals surface area contributed by atoms with E-state index in [1.807, 2.05) is 6.92 Å². The second kappa shape index (κ2) is 13.0. The molecule has 0 saturated carbocycles. The summed E-state index contributed by atoms with van der Waals surface area (Å²) in [6.07, 6.45) is -5.18. The lowest BCUT2D eigenvalue weighted by Crippen LogP contribution is -2.68. The zero-order valence-electron chi connectivity index (χ0n) is 24.4. The summed E-state index contributed by atoms with van der Waals surface area (Å²) in [6, 6.07) is 5.94. The number of aliphatic carboxylic acids is 1. The lowest BCUT2D eigenvalue weighted by molar-refractivity contribution is -0.228. The van der Waals surface area contributed by atoms with E-state index >= 15 is 0 Å². The maximum atomic E-state index is 14.0. The Bertz CT molecular complexity index is 1590.